The third kappa shape index (κ3) is 4.16. The number of rotatable bonds is 4. The lowest BCUT2D eigenvalue weighted by molar-refractivity contribution is 0.102. The lowest BCUT2D eigenvalue weighted by Crippen LogP contribution is -2.36. The highest BCUT2D eigenvalue weighted by Gasteiger charge is 2.17. The van der Waals surface area contributed by atoms with Gasteiger partial charge in [0.15, 0.2) is 5.13 Å². The number of fused-ring (bicyclic) bond motifs is 1. The van der Waals surface area contributed by atoms with E-state index in [4.69, 9.17) is 10.5 Å². The Bertz CT molecular complexity index is 1240. The molecule has 0 aliphatic carbocycles. The molecule has 1 fully saturated rings. The van der Waals surface area contributed by atoms with E-state index in [9.17, 15) is 4.79 Å². The molecule has 1 amide bonds. The van der Waals surface area contributed by atoms with E-state index in [0.717, 1.165) is 34.1 Å². The Kier molecular flexibility index (Phi) is 5.14. The van der Waals surface area contributed by atoms with Crippen molar-refractivity contribution in [3.63, 3.8) is 0 Å². The zero-order chi connectivity index (χ0) is 21.2. The molecule has 3 N–H and O–H groups in total. The summed E-state index contributed by atoms with van der Waals surface area (Å²) in [6, 6.07) is 12.4. The van der Waals surface area contributed by atoms with Gasteiger partial charge in [-0.3, -0.25) is 4.79 Å². The summed E-state index contributed by atoms with van der Waals surface area (Å²) in [4.78, 5) is 33.5. The van der Waals surface area contributed by atoms with Crippen LogP contribution in [0.15, 0.2) is 48.7 Å². The topological polar surface area (TPSA) is 119 Å². The average Bonchev–Trinajstić information content (AvgIpc) is 3.24. The van der Waals surface area contributed by atoms with Crippen molar-refractivity contribution < 1.29 is 9.53 Å². The van der Waals surface area contributed by atoms with Gasteiger partial charge in [-0.25, -0.2) is 19.9 Å². The summed E-state index contributed by atoms with van der Waals surface area (Å²) in [5, 5.41) is 3.74. The second-order valence-corrected chi connectivity index (χ2v) is 7.91. The van der Waals surface area contributed by atoms with Gasteiger partial charge in [0.05, 0.1) is 18.9 Å². The van der Waals surface area contributed by atoms with Crippen LogP contribution in [-0.4, -0.2) is 52.1 Å². The predicted molar refractivity (Wildman–Crippen MR) is 120 cm³/mol. The van der Waals surface area contributed by atoms with Crippen molar-refractivity contribution in [1.29, 1.82) is 0 Å². The summed E-state index contributed by atoms with van der Waals surface area (Å²) in [5.41, 5.74) is 8.15. The molecule has 9 nitrogen and oxygen atoms in total. The van der Waals surface area contributed by atoms with Crippen LogP contribution in [0.25, 0.3) is 21.6 Å². The molecule has 5 heterocycles. The Balaban J connectivity index is 1.35. The molecule has 0 atom stereocenters. The Hall–Kier alpha value is -3.63. The van der Waals surface area contributed by atoms with Gasteiger partial charge in [0, 0.05) is 24.8 Å². The molecular formula is C21H19N7O2S. The number of hydrogen-bond donors (Lipinski definition) is 2. The van der Waals surface area contributed by atoms with Gasteiger partial charge in [0.1, 0.15) is 27.7 Å². The number of aromatic nitrogens is 4. The normalized spacial score (nSPS) is 14.0. The Morgan fingerprint density at radius 2 is 1.94 bits per heavy atom. The van der Waals surface area contributed by atoms with E-state index in [1.165, 1.54) is 11.3 Å². The third-order valence-corrected chi connectivity index (χ3v) is 5.86. The maximum absolute atomic E-state index is 12.8. The summed E-state index contributed by atoms with van der Waals surface area (Å²) in [6.07, 6.45) is 1.63. The van der Waals surface area contributed by atoms with Gasteiger partial charge in [-0.05, 0) is 36.4 Å². The van der Waals surface area contributed by atoms with Crippen LogP contribution in [-0.2, 0) is 4.74 Å². The van der Waals surface area contributed by atoms with E-state index >= 15 is 0 Å². The van der Waals surface area contributed by atoms with Gasteiger partial charge in [-0.15, -0.1) is 0 Å². The Morgan fingerprint density at radius 1 is 1.06 bits per heavy atom. The van der Waals surface area contributed by atoms with Gasteiger partial charge in [0.2, 0.25) is 0 Å². The van der Waals surface area contributed by atoms with Crippen molar-refractivity contribution in [3.05, 3.63) is 54.4 Å². The number of carbonyl (C=O) groups is 1. The lowest BCUT2D eigenvalue weighted by Gasteiger charge is -2.25. The van der Waals surface area contributed by atoms with Crippen molar-refractivity contribution in [1.82, 2.24) is 19.9 Å². The molecule has 0 aromatic carbocycles. The van der Waals surface area contributed by atoms with Crippen molar-refractivity contribution in [2.75, 3.05) is 42.3 Å². The second-order valence-electron chi connectivity index (χ2n) is 6.95. The second kappa shape index (κ2) is 8.25. The minimum absolute atomic E-state index is 0.287. The number of nitrogen functional groups attached to an aromatic ring is 1. The highest BCUT2D eigenvalue weighted by atomic mass is 32.1. The van der Waals surface area contributed by atoms with Gasteiger partial charge in [-0.2, -0.15) is 0 Å². The van der Waals surface area contributed by atoms with E-state index in [1.54, 1.807) is 30.5 Å². The Morgan fingerprint density at radius 3 is 2.74 bits per heavy atom. The highest BCUT2D eigenvalue weighted by Crippen LogP contribution is 2.29. The minimum Gasteiger partial charge on any atom is -0.384 e. The number of pyridine rings is 3. The van der Waals surface area contributed by atoms with E-state index in [1.807, 2.05) is 18.2 Å². The summed E-state index contributed by atoms with van der Waals surface area (Å²) >= 11 is 1.51. The van der Waals surface area contributed by atoms with E-state index < -0.39 is 0 Å². The van der Waals surface area contributed by atoms with Crippen LogP contribution in [0, 0.1) is 0 Å². The summed E-state index contributed by atoms with van der Waals surface area (Å²) in [7, 11) is 0. The number of nitrogens with zero attached hydrogens (tertiary/aromatic N) is 5. The van der Waals surface area contributed by atoms with Crippen molar-refractivity contribution >= 4 is 44.4 Å². The largest absolute Gasteiger partial charge is 0.384 e. The van der Waals surface area contributed by atoms with Crippen LogP contribution >= 0.6 is 11.3 Å². The van der Waals surface area contributed by atoms with Crippen molar-refractivity contribution in [2.24, 2.45) is 0 Å². The molecule has 0 radical (unpaired) electrons. The van der Waals surface area contributed by atoms with Crippen molar-refractivity contribution in [2.45, 2.75) is 0 Å². The fourth-order valence-electron chi connectivity index (χ4n) is 3.22. The molecule has 0 unspecified atom stereocenters. The van der Waals surface area contributed by atoms with Gasteiger partial charge >= 0.3 is 0 Å². The zero-order valence-corrected chi connectivity index (χ0v) is 17.3. The molecule has 1 aliphatic rings. The number of anilines is 3. The zero-order valence-electron chi connectivity index (χ0n) is 16.5. The summed E-state index contributed by atoms with van der Waals surface area (Å²) < 4.78 is 5.40. The molecule has 0 bridgehead atoms. The van der Waals surface area contributed by atoms with Gasteiger partial charge < -0.3 is 20.7 Å². The number of nitrogens with one attached hydrogen (secondary N) is 1. The van der Waals surface area contributed by atoms with Crippen LogP contribution in [0.4, 0.5) is 16.8 Å². The van der Waals surface area contributed by atoms with E-state index in [-0.39, 0.29) is 11.6 Å². The number of carbonyl (C=O) groups excluding carboxylic acids is 1. The summed E-state index contributed by atoms with van der Waals surface area (Å²) in [6.45, 7) is 3.02. The number of ether oxygens (including phenoxy) is 1. The van der Waals surface area contributed by atoms with Gasteiger partial charge in [-0.1, -0.05) is 17.4 Å². The Labute approximate surface area is 181 Å². The maximum atomic E-state index is 12.8. The first kappa shape index (κ1) is 19.3. The SMILES string of the molecule is Nc1ccc(-c2cccc(C(=O)Nc3ccc4nc(N5CCOCC5)sc4n3)n2)cn1. The molecule has 1 saturated heterocycles. The molecule has 10 heteroatoms. The van der Waals surface area contributed by atoms with Crippen LogP contribution < -0.4 is 16.0 Å². The molecule has 1 aliphatic heterocycles. The molecule has 0 spiro atoms. The van der Waals surface area contributed by atoms with Crippen LogP contribution in [0.1, 0.15) is 10.5 Å². The number of morpholine rings is 1. The van der Waals surface area contributed by atoms with Crippen molar-refractivity contribution in [3.8, 4) is 11.3 Å². The molecule has 156 valence electrons. The molecule has 0 saturated carbocycles. The van der Waals surface area contributed by atoms with E-state index in [2.05, 4.69) is 30.2 Å². The smallest absolute Gasteiger partial charge is 0.275 e. The number of thiazole rings is 1. The first-order chi connectivity index (χ1) is 15.2. The van der Waals surface area contributed by atoms with Crippen LogP contribution in [0.2, 0.25) is 0 Å². The molecule has 4 aromatic heterocycles. The highest BCUT2D eigenvalue weighted by molar-refractivity contribution is 7.21. The summed E-state index contributed by atoms with van der Waals surface area (Å²) in [5.74, 6) is 0.546. The third-order valence-electron chi connectivity index (χ3n) is 4.83. The van der Waals surface area contributed by atoms with E-state index in [0.29, 0.717) is 30.5 Å². The molecule has 5 rings (SSSR count). The number of nitrogens with two attached hydrogens (primary N) is 1. The molecular weight excluding hydrogens is 414 g/mol. The first-order valence-electron chi connectivity index (χ1n) is 9.76. The predicted octanol–water partition coefficient (Wildman–Crippen LogP) is 2.82. The minimum atomic E-state index is -0.338. The number of amides is 1. The molecule has 31 heavy (non-hydrogen) atoms. The fraction of sp³-hybridized carbons (Fsp3) is 0.190. The average molecular weight is 433 g/mol. The maximum Gasteiger partial charge on any atom is 0.275 e. The number of hydrogen-bond acceptors (Lipinski definition) is 9. The quantitative estimate of drug-likeness (QED) is 0.504. The first-order valence-corrected chi connectivity index (χ1v) is 10.6. The van der Waals surface area contributed by atoms with Crippen LogP contribution in [0.5, 0.6) is 0 Å². The lowest BCUT2D eigenvalue weighted by atomic mass is 10.2. The standard InChI is InChI=1S/C21H19N7O2S/c22-17-6-4-13(12-23-17)14-2-1-3-15(24-14)19(29)26-18-7-5-16-20(27-18)31-21(25-16)28-8-10-30-11-9-28/h1-7,12H,8-11H2,(H2,22,23)(H,26,27,29). The fourth-order valence-corrected chi connectivity index (χ4v) is 4.22. The molecule has 4 aromatic rings. The van der Waals surface area contributed by atoms with Crippen LogP contribution in [0.3, 0.4) is 0 Å². The van der Waals surface area contributed by atoms with Gasteiger partial charge in [0.25, 0.3) is 5.91 Å². The monoisotopic (exact) mass is 433 g/mol.